The summed E-state index contributed by atoms with van der Waals surface area (Å²) < 4.78 is 0. The van der Waals surface area contributed by atoms with Crippen molar-refractivity contribution in [1.82, 2.24) is 0 Å². The van der Waals surface area contributed by atoms with Crippen molar-refractivity contribution in [2.75, 3.05) is 0 Å². The standard InChI is InChI=1S/C29H24/c1-2-19(28-24-15-7-3-11-20(24)21-12-4-8-16-25(21)28)29-26-17-9-5-13-22(26)23-14-6-10-18-27(23)29/h3-19,24,29H,2H2,1H3. The molecule has 6 rings (SSSR count). The summed E-state index contributed by atoms with van der Waals surface area (Å²) in [5.41, 5.74) is 8.90. The average molecular weight is 373 g/mol. The fraction of sp³-hybridized carbons (Fsp3) is 0.172. The van der Waals surface area contributed by atoms with E-state index in [0.29, 0.717) is 17.8 Å². The van der Waals surface area contributed by atoms with Gasteiger partial charge in [0.1, 0.15) is 0 Å². The molecule has 0 spiro atoms. The van der Waals surface area contributed by atoms with Crippen LogP contribution in [0.5, 0.6) is 0 Å². The summed E-state index contributed by atoms with van der Waals surface area (Å²) in [6, 6.07) is 27.1. The minimum absolute atomic E-state index is 0.405. The van der Waals surface area contributed by atoms with Crippen LogP contribution >= 0.6 is 0 Å². The second-order valence-corrected chi connectivity index (χ2v) is 8.34. The molecule has 2 atom stereocenters. The van der Waals surface area contributed by atoms with Gasteiger partial charge in [0.05, 0.1) is 0 Å². The number of benzene rings is 3. The molecule has 140 valence electrons. The summed E-state index contributed by atoms with van der Waals surface area (Å²) in [4.78, 5) is 0. The molecule has 0 amide bonds. The van der Waals surface area contributed by atoms with Gasteiger partial charge in [0.25, 0.3) is 0 Å². The maximum Gasteiger partial charge on any atom is 0.0249 e. The highest BCUT2D eigenvalue weighted by Crippen LogP contribution is 2.52. The molecule has 3 aromatic carbocycles. The molecule has 0 radical (unpaired) electrons. The second-order valence-electron chi connectivity index (χ2n) is 8.34. The number of fused-ring (bicyclic) bond motifs is 5. The van der Waals surface area contributed by atoms with Crippen LogP contribution in [-0.2, 0) is 0 Å². The Morgan fingerprint density at radius 3 is 2.03 bits per heavy atom. The van der Waals surface area contributed by atoms with Gasteiger partial charge in [-0.1, -0.05) is 104 Å². The highest BCUT2D eigenvalue weighted by Gasteiger charge is 2.38. The highest BCUT2D eigenvalue weighted by molar-refractivity contribution is 5.84. The Balaban J connectivity index is 1.63. The van der Waals surface area contributed by atoms with Crippen LogP contribution in [0.4, 0.5) is 0 Å². The van der Waals surface area contributed by atoms with Crippen molar-refractivity contribution in [3.8, 4) is 11.1 Å². The van der Waals surface area contributed by atoms with Crippen LogP contribution in [0.1, 0.15) is 30.4 Å². The van der Waals surface area contributed by atoms with Gasteiger partial charge in [-0.2, -0.15) is 0 Å². The zero-order valence-corrected chi connectivity index (χ0v) is 16.7. The van der Waals surface area contributed by atoms with Gasteiger partial charge in [-0.25, -0.2) is 0 Å². The number of hydrogen-bond donors (Lipinski definition) is 0. The predicted octanol–water partition coefficient (Wildman–Crippen LogP) is 5.58. The third-order valence-electron chi connectivity index (χ3n) is 7.03. The minimum Gasteiger partial charge on any atom is -0.0729 e. The maximum atomic E-state index is 2.40. The molecule has 3 aromatic rings. The SMILES string of the molecule is CCC(C1=c2ccccc2=C2C=CC=CC21)C1c2ccccc2-c2ccccc21. The van der Waals surface area contributed by atoms with Crippen molar-refractivity contribution in [3.05, 3.63) is 119 Å². The van der Waals surface area contributed by atoms with E-state index in [1.807, 2.05) is 0 Å². The summed E-state index contributed by atoms with van der Waals surface area (Å²) in [6.07, 6.45) is 10.3. The Hall–Kier alpha value is -3.12. The number of hydrogen-bond acceptors (Lipinski definition) is 0. The topological polar surface area (TPSA) is 0 Å². The van der Waals surface area contributed by atoms with Gasteiger partial charge in [-0.3, -0.25) is 0 Å². The monoisotopic (exact) mass is 372 g/mol. The molecule has 2 unspecified atom stereocenters. The fourth-order valence-electron chi connectivity index (χ4n) is 5.92. The van der Waals surface area contributed by atoms with Crippen molar-refractivity contribution >= 4 is 11.1 Å². The number of allylic oxidation sites excluding steroid dienone is 4. The molecule has 29 heavy (non-hydrogen) atoms. The summed E-state index contributed by atoms with van der Waals surface area (Å²) in [7, 11) is 0. The molecule has 0 aliphatic heterocycles. The van der Waals surface area contributed by atoms with Crippen LogP contribution in [0.2, 0.25) is 0 Å². The zero-order valence-electron chi connectivity index (χ0n) is 16.7. The summed E-state index contributed by atoms with van der Waals surface area (Å²) in [6.45, 7) is 2.37. The van der Waals surface area contributed by atoms with E-state index in [2.05, 4.69) is 104 Å². The van der Waals surface area contributed by atoms with Gasteiger partial charge in [0, 0.05) is 11.8 Å². The lowest BCUT2D eigenvalue weighted by Crippen LogP contribution is -2.27. The Morgan fingerprint density at radius 1 is 0.724 bits per heavy atom. The van der Waals surface area contributed by atoms with Crippen molar-refractivity contribution in [2.24, 2.45) is 11.8 Å². The van der Waals surface area contributed by atoms with E-state index in [4.69, 9.17) is 0 Å². The molecule has 0 heterocycles. The van der Waals surface area contributed by atoms with Gasteiger partial charge in [0.15, 0.2) is 0 Å². The molecule has 0 saturated heterocycles. The van der Waals surface area contributed by atoms with Crippen molar-refractivity contribution in [3.63, 3.8) is 0 Å². The minimum atomic E-state index is 0.405. The Bertz CT molecular complexity index is 1260. The molecule has 0 heteroatoms. The molecule has 0 saturated carbocycles. The van der Waals surface area contributed by atoms with E-state index >= 15 is 0 Å². The largest absolute Gasteiger partial charge is 0.0729 e. The Kier molecular flexibility index (Phi) is 3.74. The smallest absolute Gasteiger partial charge is 0.0249 e. The van der Waals surface area contributed by atoms with Crippen LogP contribution in [0.3, 0.4) is 0 Å². The Morgan fingerprint density at radius 2 is 1.34 bits per heavy atom. The summed E-state index contributed by atoms with van der Waals surface area (Å²) in [5, 5.41) is 2.88. The molecule has 0 nitrogen and oxygen atoms in total. The molecular formula is C29H24. The molecule has 0 bridgehead atoms. The van der Waals surface area contributed by atoms with Crippen molar-refractivity contribution < 1.29 is 0 Å². The molecule has 0 fully saturated rings. The maximum absolute atomic E-state index is 2.40. The van der Waals surface area contributed by atoms with Gasteiger partial charge >= 0.3 is 0 Å². The normalized spacial score (nSPS) is 19.7. The first-order chi connectivity index (χ1) is 14.4. The highest BCUT2D eigenvalue weighted by atomic mass is 14.4. The van der Waals surface area contributed by atoms with Crippen LogP contribution in [0, 0.1) is 11.8 Å². The Labute approximate surface area is 172 Å². The van der Waals surface area contributed by atoms with Crippen LogP contribution in [0.15, 0.2) is 97.1 Å². The van der Waals surface area contributed by atoms with Crippen LogP contribution in [0.25, 0.3) is 22.3 Å². The van der Waals surface area contributed by atoms with Crippen LogP contribution < -0.4 is 10.4 Å². The van der Waals surface area contributed by atoms with E-state index < -0.39 is 0 Å². The fourth-order valence-corrected chi connectivity index (χ4v) is 5.92. The lowest BCUT2D eigenvalue weighted by Gasteiger charge is -2.30. The van der Waals surface area contributed by atoms with Crippen LogP contribution in [-0.4, -0.2) is 0 Å². The lowest BCUT2D eigenvalue weighted by atomic mass is 9.73. The third kappa shape index (κ3) is 2.32. The molecule has 3 aliphatic rings. The van der Waals surface area contributed by atoms with E-state index in [1.54, 1.807) is 5.57 Å². The quantitative estimate of drug-likeness (QED) is 0.563. The number of rotatable bonds is 3. The molecule has 0 aromatic heterocycles. The lowest BCUT2D eigenvalue weighted by molar-refractivity contribution is 0.557. The van der Waals surface area contributed by atoms with E-state index in [9.17, 15) is 0 Å². The first kappa shape index (κ1) is 16.8. The first-order valence-electron chi connectivity index (χ1n) is 10.7. The van der Waals surface area contributed by atoms with E-state index in [1.165, 1.54) is 38.3 Å². The molecule has 0 N–H and O–H groups in total. The van der Waals surface area contributed by atoms with Gasteiger partial charge in [-0.05, 0) is 56.2 Å². The van der Waals surface area contributed by atoms with Gasteiger partial charge < -0.3 is 0 Å². The van der Waals surface area contributed by atoms with E-state index in [0.717, 1.165) is 6.42 Å². The predicted molar refractivity (Wildman–Crippen MR) is 122 cm³/mol. The summed E-state index contributed by atoms with van der Waals surface area (Å²) in [5.74, 6) is 1.32. The average Bonchev–Trinajstić information content (AvgIpc) is 3.29. The zero-order chi connectivity index (χ0) is 19.4. The van der Waals surface area contributed by atoms with E-state index in [-0.39, 0.29) is 0 Å². The second kappa shape index (κ2) is 6.46. The molecule has 3 aliphatic carbocycles. The molecular weight excluding hydrogens is 348 g/mol. The van der Waals surface area contributed by atoms with Crippen molar-refractivity contribution in [1.29, 1.82) is 0 Å². The van der Waals surface area contributed by atoms with Gasteiger partial charge in [0.2, 0.25) is 0 Å². The third-order valence-corrected chi connectivity index (χ3v) is 7.03. The summed E-state index contributed by atoms with van der Waals surface area (Å²) >= 11 is 0. The van der Waals surface area contributed by atoms with Crippen molar-refractivity contribution in [2.45, 2.75) is 19.3 Å². The van der Waals surface area contributed by atoms with Gasteiger partial charge in [-0.15, -0.1) is 0 Å². The first-order valence-corrected chi connectivity index (χ1v) is 10.7.